The molecule has 0 bridgehead atoms. The topological polar surface area (TPSA) is 80.4 Å². The van der Waals surface area contributed by atoms with Gasteiger partial charge in [-0.1, -0.05) is 17.3 Å². The Morgan fingerprint density at radius 3 is 2.96 bits per heavy atom. The molecule has 27 heavy (non-hydrogen) atoms. The summed E-state index contributed by atoms with van der Waals surface area (Å²) in [7, 11) is 0. The van der Waals surface area contributed by atoms with Crippen molar-refractivity contribution in [3.8, 4) is 11.5 Å². The number of nitrogens with one attached hydrogen (secondary N) is 1. The minimum atomic E-state index is -0.223. The lowest BCUT2D eigenvalue weighted by Crippen LogP contribution is -1.94. The quantitative estimate of drug-likeness (QED) is 0.496. The summed E-state index contributed by atoms with van der Waals surface area (Å²) in [5.41, 5.74) is 5.45. The third-order valence-electron chi connectivity index (χ3n) is 4.98. The normalized spacial score (nSPS) is 15.6. The molecule has 3 heterocycles. The second-order valence-electron chi connectivity index (χ2n) is 6.59. The van der Waals surface area contributed by atoms with Crippen LogP contribution in [0.5, 0.6) is 0 Å². The molecular weight excluding hydrogens is 340 g/mol. The first-order valence-corrected chi connectivity index (χ1v) is 8.84. The molecule has 0 spiro atoms. The number of benzene rings is 1. The number of anilines is 2. The molecule has 0 amide bonds. The van der Waals surface area contributed by atoms with E-state index in [4.69, 9.17) is 4.42 Å². The molecule has 132 valence electrons. The molecule has 5 rings (SSSR count). The van der Waals surface area contributed by atoms with E-state index in [1.54, 1.807) is 18.6 Å². The number of nitroso groups, excluding NO2 is 1. The largest absolute Gasteiger partial charge is 0.451 e. The highest BCUT2D eigenvalue weighted by molar-refractivity contribution is 5.99. The first kappa shape index (κ1) is 15.7. The second-order valence-corrected chi connectivity index (χ2v) is 6.59. The fraction of sp³-hybridized carbons (Fsp3) is 0.143. The van der Waals surface area contributed by atoms with Gasteiger partial charge in [-0.3, -0.25) is 9.97 Å². The summed E-state index contributed by atoms with van der Waals surface area (Å²) in [5, 5.41) is 7.66. The number of hydrogen-bond donors (Lipinski definition) is 1. The van der Waals surface area contributed by atoms with E-state index in [-0.39, 0.29) is 6.04 Å². The molecule has 6 heteroatoms. The van der Waals surface area contributed by atoms with Crippen LogP contribution < -0.4 is 5.32 Å². The number of aryl methyl sites for hydroxylation is 1. The van der Waals surface area contributed by atoms with Crippen molar-refractivity contribution < 1.29 is 4.42 Å². The smallest absolute Gasteiger partial charge is 0.177 e. The molecule has 6 nitrogen and oxygen atoms in total. The number of rotatable bonds is 4. The number of hydrogen-bond acceptors (Lipinski definition) is 6. The Bertz CT molecular complexity index is 1140. The van der Waals surface area contributed by atoms with Crippen molar-refractivity contribution in [1.29, 1.82) is 0 Å². The zero-order valence-corrected chi connectivity index (χ0v) is 14.4. The third-order valence-corrected chi connectivity index (χ3v) is 4.98. The average molecular weight is 356 g/mol. The van der Waals surface area contributed by atoms with Gasteiger partial charge in [0.05, 0.1) is 11.9 Å². The Morgan fingerprint density at radius 1 is 1.15 bits per heavy atom. The van der Waals surface area contributed by atoms with Crippen LogP contribution in [0.2, 0.25) is 0 Å². The number of fused-ring (bicyclic) bond motifs is 2. The minimum absolute atomic E-state index is 0.223. The van der Waals surface area contributed by atoms with Gasteiger partial charge in [-0.05, 0) is 54.3 Å². The summed E-state index contributed by atoms with van der Waals surface area (Å²) in [5.74, 6) is 0.673. The van der Waals surface area contributed by atoms with Gasteiger partial charge >= 0.3 is 0 Å². The van der Waals surface area contributed by atoms with Crippen molar-refractivity contribution in [3.05, 3.63) is 77.1 Å². The molecule has 1 aliphatic carbocycles. The van der Waals surface area contributed by atoms with E-state index in [1.165, 1.54) is 5.56 Å². The highest BCUT2D eigenvalue weighted by atomic mass is 16.3. The van der Waals surface area contributed by atoms with Crippen molar-refractivity contribution in [1.82, 2.24) is 9.97 Å². The van der Waals surface area contributed by atoms with Crippen molar-refractivity contribution in [2.24, 2.45) is 5.18 Å². The molecular formula is C21H16N4O2. The number of pyridine rings is 2. The van der Waals surface area contributed by atoms with E-state index < -0.39 is 0 Å². The van der Waals surface area contributed by atoms with Gasteiger partial charge in [0, 0.05) is 23.5 Å². The summed E-state index contributed by atoms with van der Waals surface area (Å²) in [4.78, 5) is 19.5. The summed E-state index contributed by atoms with van der Waals surface area (Å²) in [6, 6.07) is 13.5. The van der Waals surface area contributed by atoms with Crippen molar-refractivity contribution >= 4 is 22.3 Å². The fourth-order valence-electron chi connectivity index (χ4n) is 3.68. The van der Waals surface area contributed by atoms with Gasteiger partial charge in [0.15, 0.2) is 11.3 Å². The summed E-state index contributed by atoms with van der Waals surface area (Å²) >= 11 is 0. The van der Waals surface area contributed by atoms with E-state index in [1.807, 2.05) is 36.4 Å². The minimum Gasteiger partial charge on any atom is -0.451 e. The van der Waals surface area contributed by atoms with Crippen molar-refractivity contribution in [2.45, 2.75) is 18.9 Å². The van der Waals surface area contributed by atoms with Gasteiger partial charge in [0.25, 0.3) is 0 Å². The molecule has 1 aromatic carbocycles. The van der Waals surface area contributed by atoms with Crippen LogP contribution in [0.3, 0.4) is 0 Å². The predicted molar refractivity (Wildman–Crippen MR) is 104 cm³/mol. The maximum absolute atomic E-state index is 11.0. The third kappa shape index (κ3) is 2.66. The second kappa shape index (κ2) is 6.32. The van der Waals surface area contributed by atoms with Crippen LogP contribution in [0.4, 0.5) is 11.4 Å². The number of aromatic nitrogens is 2. The molecule has 0 saturated carbocycles. The van der Waals surface area contributed by atoms with Gasteiger partial charge in [-0.25, -0.2) is 0 Å². The van der Waals surface area contributed by atoms with E-state index in [0.29, 0.717) is 11.3 Å². The van der Waals surface area contributed by atoms with Crippen LogP contribution >= 0.6 is 0 Å². The molecule has 3 aromatic heterocycles. The lowest BCUT2D eigenvalue weighted by atomic mass is 10.1. The predicted octanol–water partition coefficient (Wildman–Crippen LogP) is 5.39. The number of furan rings is 1. The summed E-state index contributed by atoms with van der Waals surface area (Å²) in [6.45, 7) is 0. The molecule has 0 fully saturated rings. The van der Waals surface area contributed by atoms with E-state index in [0.717, 1.165) is 40.9 Å². The zero-order valence-electron chi connectivity index (χ0n) is 14.4. The Hall–Kier alpha value is -3.54. The van der Waals surface area contributed by atoms with Crippen LogP contribution in [0.15, 0.2) is 70.6 Å². The van der Waals surface area contributed by atoms with Gasteiger partial charge in [0.1, 0.15) is 11.7 Å². The van der Waals surface area contributed by atoms with Crippen LogP contribution in [0.25, 0.3) is 22.4 Å². The molecule has 1 aliphatic rings. The van der Waals surface area contributed by atoms with Gasteiger partial charge < -0.3 is 9.73 Å². The maximum Gasteiger partial charge on any atom is 0.177 e. The van der Waals surface area contributed by atoms with Crippen LogP contribution in [0.1, 0.15) is 23.6 Å². The molecule has 0 saturated heterocycles. The number of nitrogens with zero attached hydrogens (tertiary/aromatic N) is 3. The Morgan fingerprint density at radius 2 is 2.11 bits per heavy atom. The molecule has 1 N–H and O–H groups in total. The zero-order chi connectivity index (χ0) is 18.2. The van der Waals surface area contributed by atoms with Gasteiger partial charge in [-0.2, -0.15) is 4.91 Å². The van der Waals surface area contributed by atoms with Gasteiger partial charge in [0.2, 0.25) is 0 Å². The van der Waals surface area contributed by atoms with Crippen LogP contribution in [-0.4, -0.2) is 9.97 Å². The van der Waals surface area contributed by atoms with E-state index in [9.17, 15) is 4.91 Å². The first-order valence-electron chi connectivity index (χ1n) is 8.84. The lowest BCUT2D eigenvalue weighted by molar-refractivity contribution is 0.628. The Balaban J connectivity index is 1.60. The van der Waals surface area contributed by atoms with Crippen molar-refractivity contribution in [2.75, 3.05) is 5.32 Å². The highest BCUT2D eigenvalue weighted by Crippen LogP contribution is 2.40. The van der Waals surface area contributed by atoms with Gasteiger partial charge in [-0.15, -0.1) is 0 Å². The lowest BCUT2D eigenvalue weighted by Gasteiger charge is -2.10. The molecule has 1 unspecified atom stereocenters. The summed E-state index contributed by atoms with van der Waals surface area (Å²) < 4.78 is 6.04. The maximum atomic E-state index is 11.0. The van der Waals surface area contributed by atoms with E-state index >= 15 is 0 Å². The molecule has 4 aromatic rings. The van der Waals surface area contributed by atoms with Crippen molar-refractivity contribution in [3.63, 3.8) is 0 Å². The summed E-state index contributed by atoms with van der Waals surface area (Å²) in [6.07, 6.45) is 6.84. The Kier molecular flexibility index (Phi) is 3.67. The Labute approximate surface area is 155 Å². The first-order chi connectivity index (χ1) is 13.3. The average Bonchev–Trinajstić information content (AvgIpc) is 3.30. The van der Waals surface area contributed by atoms with Crippen LogP contribution in [0, 0.1) is 4.91 Å². The molecule has 0 aliphatic heterocycles. The standard InChI is InChI=1S/C21H16N4O2/c26-25-17-7-4-13-11-14(5-6-15(13)17)24-20-16-8-10-22-12-19(16)27-21(20)18-3-1-2-9-23-18/h1-3,5-6,8-12,17,24H,4,7H2. The SMILES string of the molecule is O=NC1CCc2cc(Nc3c(-c4ccccn4)oc4cnccc34)ccc21. The highest BCUT2D eigenvalue weighted by Gasteiger charge is 2.24. The fourth-order valence-corrected chi connectivity index (χ4v) is 3.68. The molecule has 1 atom stereocenters. The van der Waals surface area contributed by atoms with Crippen LogP contribution in [-0.2, 0) is 6.42 Å². The van der Waals surface area contributed by atoms with E-state index in [2.05, 4.69) is 26.5 Å². The monoisotopic (exact) mass is 356 g/mol. The molecule has 0 radical (unpaired) electrons.